The van der Waals surface area contributed by atoms with Gasteiger partial charge >= 0.3 is 0 Å². The molecule has 3 aromatic rings. The van der Waals surface area contributed by atoms with Crippen LogP contribution >= 0.6 is 12.3 Å². The smallest absolute Gasteiger partial charge is 0.203 e. The third-order valence-electron chi connectivity index (χ3n) is 4.61. The van der Waals surface area contributed by atoms with E-state index in [2.05, 4.69) is 4.98 Å². The summed E-state index contributed by atoms with van der Waals surface area (Å²) in [5.41, 5.74) is 2.77. The van der Waals surface area contributed by atoms with E-state index in [1.807, 2.05) is 0 Å². The van der Waals surface area contributed by atoms with Gasteiger partial charge in [0.15, 0.2) is 18.4 Å². The van der Waals surface area contributed by atoms with E-state index in [0.29, 0.717) is 33.7 Å². The van der Waals surface area contributed by atoms with E-state index >= 15 is 0 Å². The van der Waals surface area contributed by atoms with Crippen molar-refractivity contribution >= 4 is 23.8 Å². The minimum atomic E-state index is -0.224. The second-order valence-electron chi connectivity index (χ2n) is 6.20. The monoisotopic (exact) mass is 395 g/mol. The van der Waals surface area contributed by atoms with E-state index in [4.69, 9.17) is 18.7 Å². The highest BCUT2D eigenvalue weighted by atomic mass is 32.2. The highest BCUT2D eigenvalue weighted by Gasteiger charge is 2.34. The van der Waals surface area contributed by atoms with Crippen LogP contribution in [0.3, 0.4) is 0 Å². The molecule has 2 aromatic carbocycles. The molecule has 5 rings (SSSR count). The van der Waals surface area contributed by atoms with Crippen LogP contribution in [-0.4, -0.2) is 33.5 Å². The lowest BCUT2D eigenvalue weighted by atomic mass is 9.84. The fourth-order valence-electron chi connectivity index (χ4n) is 3.30. The number of nitrogens with zero attached hydrogens (tertiary/aromatic N) is 1. The molecule has 2 heterocycles. The molecule has 1 aromatic heterocycles. The van der Waals surface area contributed by atoms with Crippen LogP contribution in [0, 0.1) is 5.41 Å². The van der Waals surface area contributed by atoms with Crippen molar-refractivity contribution in [3.63, 3.8) is 0 Å². The number of fused-ring (bicyclic) bond motifs is 2. The van der Waals surface area contributed by atoms with E-state index in [1.54, 1.807) is 48.5 Å². The molecule has 1 aliphatic carbocycles. The van der Waals surface area contributed by atoms with Crippen molar-refractivity contribution in [1.82, 2.24) is 10.2 Å². The number of aromatic amines is 1. The molecular formula is C19H13N3O5S. The first-order valence-corrected chi connectivity index (χ1v) is 9.00. The summed E-state index contributed by atoms with van der Waals surface area (Å²) in [6.45, 7) is 0.109. The summed E-state index contributed by atoms with van der Waals surface area (Å²) < 4.78 is 15.3. The molecule has 3 N–H and O–H groups in total. The fraction of sp³-hybridized carbons (Fsp3) is 0.0526. The Balaban J connectivity index is 1.50. The molecule has 0 bridgehead atoms. The van der Waals surface area contributed by atoms with E-state index in [-0.39, 0.29) is 29.7 Å². The molecule has 0 saturated carbocycles. The Morgan fingerprint density at radius 2 is 1.79 bits per heavy atom. The number of hydrogen-bond donors (Lipinski definition) is 3. The van der Waals surface area contributed by atoms with E-state index in [0.717, 1.165) is 12.3 Å². The molecule has 28 heavy (non-hydrogen) atoms. The lowest BCUT2D eigenvalue weighted by molar-refractivity contribution is -0.325. The van der Waals surface area contributed by atoms with Gasteiger partial charge in [-0.05, 0) is 29.8 Å². The van der Waals surface area contributed by atoms with Gasteiger partial charge in [-0.15, -0.1) is 0 Å². The topological polar surface area (TPSA) is 108 Å². The third-order valence-corrected chi connectivity index (χ3v) is 5.06. The first kappa shape index (κ1) is 17.0. The van der Waals surface area contributed by atoms with Crippen molar-refractivity contribution in [2.75, 3.05) is 6.73 Å². The maximum absolute atomic E-state index is 13.1. The average Bonchev–Trinajstić information content (AvgIpc) is 3.03. The van der Waals surface area contributed by atoms with Crippen molar-refractivity contribution in [3.8, 4) is 22.9 Å². The quantitative estimate of drug-likeness (QED) is 0.454. The summed E-state index contributed by atoms with van der Waals surface area (Å²) in [5, 5.41) is 20.0. The van der Waals surface area contributed by atoms with Crippen molar-refractivity contribution in [1.29, 1.82) is 5.41 Å². The molecule has 0 atom stereocenters. The zero-order chi connectivity index (χ0) is 19.3. The van der Waals surface area contributed by atoms with Gasteiger partial charge in [0.1, 0.15) is 5.75 Å². The minimum absolute atomic E-state index is 0.109. The van der Waals surface area contributed by atoms with Gasteiger partial charge in [-0.25, -0.2) is 0 Å². The van der Waals surface area contributed by atoms with Gasteiger partial charge in [0.2, 0.25) is 12.3 Å². The lowest BCUT2D eigenvalue weighted by Gasteiger charge is -2.24. The van der Waals surface area contributed by atoms with Gasteiger partial charge in [0.25, 0.3) is 0 Å². The van der Waals surface area contributed by atoms with Crippen molar-refractivity contribution < 1.29 is 23.2 Å². The molecule has 0 amide bonds. The van der Waals surface area contributed by atoms with Crippen LogP contribution in [0.15, 0.2) is 48.5 Å². The van der Waals surface area contributed by atoms with E-state index in [9.17, 15) is 9.90 Å². The summed E-state index contributed by atoms with van der Waals surface area (Å²) >= 11 is 0.860. The standard InChI is InChI=1S/C19H13N3O5S/c20-16-12-3-1-2-4-13(12)18(23)15-14(16)19(24)21-17(15)10-5-7-11(8-6-10)25-9-22-26-28-27-22/h1-8,20-21,24H,9H2. The number of ketones is 1. The Morgan fingerprint density at radius 1 is 1.07 bits per heavy atom. The second kappa shape index (κ2) is 6.50. The first-order valence-electron chi connectivity index (χ1n) is 8.33. The lowest BCUT2D eigenvalue weighted by Crippen LogP contribution is -2.31. The van der Waals surface area contributed by atoms with Gasteiger partial charge in [-0.2, -0.15) is 8.57 Å². The predicted octanol–water partition coefficient (Wildman–Crippen LogP) is 3.43. The number of aromatic hydroxyl groups is 1. The Hall–Kier alpha value is -3.11. The number of H-pyrrole nitrogens is 1. The Kier molecular flexibility index (Phi) is 3.95. The Morgan fingerprint density at radius 3 is 2.46 bits per heavy atom. The summed E-state index contributed by atoms with van der Waals surface area (Å²) in [6.07, 6.45) is 0. The highest BCUT2D eigenvalue weighted by Crippen LogP contribution is 2.39. The number of aromatic nitrogens is 1. The number of carbonyl (C=O) groups is 1. The first-order chi connectivity index (χ1) is 13.6. The number of ether oxygens (including phenoxy) is 1. The number of carbonyl (C=O) groups excluding carboxylic acids is 1. The molecule has 9 heteroatoms. The zero-order valence-electron chi connectivity index (χ0n) is 14.3. The van der Waals surface area contributed by atoms with Crippen LogP contribution in [0.2, 0.25) is 0 Å². The van der Waals surface area contributed by atoms with Gasteiger partial charge in [-0.3, -0.25) is 10.2 Å². The molecule has 1 aliphatic heterocycles. The van der Waals surface area contributed by atoms with Gasteiger partial charge in [0.05, 0.1) is 22.5 Å². The molecule has 2 aliphatic rings. The zero-order valence-corrected chi connectivity index (χ0v) is 15.1. The summed E-state index contributed by atoms with van der Waals surface area (Å²) in [7, 11) is 0. The van der Waals surface area contributed by atoms with Crippen LogP contribution in [-0.2, 0) is 8.57 Å². The van der Waals surface area contributed by atoms with Crippen molar-refractivity contribution in [2.24, 2.45) is 0 Å². The largest absolute Gasteiger partial charge is 0.494 e. The van der Waals surface area contributed by atoms with Gasteiger partial charge in [-0.1, -0.05) is 24.3 Å². The van der Waals surface area contributed by atoms with Crippen LogP contribution < -0.4 is 4.74 Å². The Labute approximate surface area is 163 Å². The molecule has 1 saturated heterocycles. The predicted molar refractivity (Wildman–Crippen MR) is 101 cm³/mol. The van der Waals surface area contributed by atoms with Crippen LogP contribution in [0.5, 0.6) is 11.6 Å². The molecule has 1 fully saturated rings. The van der Waals surface area contributed by atoms with Gasteiger partial charge < -0.3 is 14.8 Å². The van der Waals surface area contributed by atoms with E-state index in [1.165, 1.54) is 5.23 Å². The number of hydroxylamine groups is 2. The summed E-state index contributed by atoms with van der Waals surface area (Å²) in [6, 6.07) is 13.9. The average molecular weight is 395 g/mol. The van der Waals surface area contributed by atoms with E-state index < -0.39 is 0 Å². The maximum atomic E-state index is 13.1. The molecule has 0 unspecified atom stereocenters. The highest BCUT2D eigenvalue weighted by molar-refractivity contribution is 7.90. The SMILES string of the molecule is N=C1c2ccccc2C(=O)c2c(-c3ccc(OCN4OSO4)cc3)[nH]c(O)c21. The molecule has 0 spiro atoms. The molecular weight excluding hydrogens is 382 g/mol. The summed E-state index contributed by atoms with van der Waals surface area (Å²) in [5.74, 6) is 0.169. The van der Waals surface area contributed by atoms with Crippen LogP contribution in [0.25, 0.3) is 11.3 Å². The number of rotatable bonds is 4. The summed E-state index contributed by atoms with van der Waals surface area (Å²) in [4.78, 5) is 15.9. The minimum Gasteiger partial charge on any atom is -0.494 e. The second-order valence-corrected chi connectivity index (χ2v) is 6.63. The van der Waals surface area contributed by atoms with Crippen molar-refractivity contribution in [2.45, 2.75) is 0 Å². The normalized spacial score (nSPS) is 15.7. The van der Waals surface area contributed by atoms with Crippen LogP contribution in [0.4, 0.5) is 0 Å². The van der Waals surface area contributed by atoms with Crippen molar-refractivity contribution in [3.05, 3.63) is 70.8 Å². The molecule has 140 valence electrons. The molecule has 8 nitrogen and oxygen atoms in total. The maximum Gasteiger partial charge on any atom is 0.203 e. The fourth-order valence-corrected chi connectivity index (χ4v) is 3.54. The number of hydrogen-bond acceptors (Lipinski definition) is 8. The van der Waals surface area contributed by atoms with Gasteiger partial charge in [0, 0.05) is 16.4 Å². The number of benzene rings is 2. The third kappa shape index (κ3) is 2.60. The Bertz CT molecular complexity index is 1110. The molecule has 0 radical (unpaired) electrons. The number of nitrogens with one attached hydrogen (secondary N) is 2. The van der Waals surface area contributed by atoms with Crippen LogP contribution in [0.1, 0.15) is 27.0 Å².